The maximum absolute atomic E-state index is 14.1. The molecule has 2 aromatic rings. The number of nitrogens with two attached hydrogens (primary N) is 1. The van der Waals surface area contributed by atoms with E-state index < -0.39 is 11.9 Å². The van der Waals surface area contributed by atoms with Gasteiger partial charge in [0.1, 0.15) is 17.3 Å². The number of halogens is 3. The van der Waals surface area contributed by atoms with Gasteiger partial charge in [0.15, 0.2) is 0 Å². The van der Waals surface area contributed by atoms with Crippen LogP contribution in [0.5, 0.6) is 0 Å². The first-order chi connectivity index (χ1) is 8.41. The van der Waals surface area contributed by atoms with Crippen LogP contribution in [0.2, 0.25) is 5.02 Å². The van der Waals surface area contributed by atoms with Crippen LogP contribution in [-0.4, -0.2) is 0 Å². The number of rotatable bonds is 2. The third-order valence-electron chi connectivity index (χ3n) is 2.81. The summed E-state index contributed by atoms with van der Waals surface area (Å²) in [6.07, 6.45) is 0. The van der Waals surface area contributed by atoms with Gasteiger partial charge >= 0.3 is 0 Å². The molecule has 2 N–H and O–H groups in total. The van der Waals surface area contributed by atoms with E-state index in [2.05, 4.69) is 15.9 Å². The second-order valence-corrected chi connectivity index (χ2v) is 5.34. The Morgan fingerprint density at radius 2 is 2.00 bits per heavy atom. The standard InChI is InChI=1S/C13H12BrClFNO/c1-6-5-9(7(2)18-6)13(17)8-3-4-10(14)11(15)12(8)16/h3-5,13H,17H2,1-2H3. The Kier molecular flexibility index (Phi) is 3.80. The molecule has 1 heterocycles. The third-order valence-corrected chi connectivity index (χ3v) is 4.07. The van der Waals surface area contributed by atoms with Crippen LogP contribution >= 0.6 is 27.5 Å². The minimum absolute atomic E-state index is 0.0424. The van der Waals surface area contributed by atoms with E-state index in [9.17, 15) is 4.39 Å². The van der Waals surface area contributed by atoms with Crippen molar-refractivity contribution in [1.82, 2.24) is 0 Å². The Balaban J connectivity index is 2.49. The molecule has 0 aliphatic rings. The highest BCUT2D eigenvalue weighted by Gasteiger charge is 2.20. The molecule has 5 heteroatoms. The molecule has 0 saturated carbocycles. The molecule has 1 unspecified atom stereocenters. The third kappa shape index (κ3) is 2.32. The fraction of sp³-hybridized carbons (Fsp3) is 0.231. The molecule has 96 valence electrons. The summed E-state index contributed by atoms with van der Waals surface area (Å²) < 4.78 is 20.0. The van der Waals surface area contributed by atoms with Gasteiger partial charge in [-0.15, -0.1) is 0 Å². The number of furan rings is 1. The average Bonchev–Trinajstić information content (AvgIpc) is 2.65. The molecule has 1 aromatic heterocycles. The Bertz CT molecular complexity index is 597. The van der Waals surface area contributed by atoms with Gasteiger partial charge in [-0.1, -0.05) is 17.7 Å². The highest BCUT2D eigenvalue weighted by molar-refractivity contribution is 9.10. The number of hydrogen-bond donors (Lipinski definition) is 1. The van der Waals surface area contributed by atoms with Crippen molar-refractivity contribution in [2.75, 3.05) is 0 Å². The first-order valence-corrected chi connectivity index (χ1v) is 6.54. The summed E-state index contributed by atoms with van der Waals surface area (Å²) in [5, 5.41) is 0.0424. The van der Waals surface area contributed by atoms with Crippen LogP contribution in [0.15, 0.2) is 27.1 Å². The van der Waals surface area contributed by atoms with E-state index in [1.54, 1.807) is 19.1 Å². The zero-order chi connectivity index (χ0) is 13.4. The van der Waals surface area contributed by atoms with Crippen molar-refractivity contribution in [2.24, 2.45) is 5.73 Å². The van der Waals surface area contributed by atoms with Gasteiger partial charge in [0, 0.05) is 15.6 Å². The molecule has 0 bridgehead atoms. The second kappa shape index (κ2) is 5.03. The molecule has 0 radical (unpaired) electrons. The molecule has 1 atom stereocenters. The fourth-order valence-electron chi connectivity index (χ4n) is 1.91. The minimum atomic E-state index is -0.590. The Labute approximate surface area is 118 Å². The minimum Gasteiger partial charge on any atom is -0.466 e. The molecule has 2 rings (SSSR count). The van der Waals surface area contributed by atoms with E-state index in [0.29, 0.717) is 15.8 Å². The van der Waals surface area contributed by atoms with Crippen LogP contribution < -0.4 is 5.73 Å². The molecular weight excluding hydrogens is 321 g/mol. The molecule has 0 saturated heterocycles. The van der Waals surface area contributed by atoms with Crippen LogP contribution in [0.4, 0.5) is 4.39 Å². The molecule has 0 spiro atoms. The first kappa shape index (κ1) is 13.6. The topological polar surface area (TPSA) is 39.2 Å². The maximum atomic E-state index is 14.1. The van der Waals surface area contributed by atoms with Gasteiger partial charge in [-0.05, 0) is 41.9 Å². The Morgan fingerprint density at radius 1 is 1.33 bits per heavy atom. The number of aryl methyl sites for hydroxylation is 2. The molecule has 0 aliphatic heterocycles. The largest absolute Gasteiger partial charge is 0.466 e. The van der Waals surface area contributed by atoms with Gasteiger partial charge in [-0.2, -0.15) is 0 Å². The highest BCUT2D eigenvalue weighted by atomic mass is 79.9. The molecule has 0 aliphatic carbocycles. The Morgan fingerprint density at radius 3 is 2.56 bits per heavy atom. The zero-order valence-electron chi connectivity index (χ0n) is 9.93. The van der Waals surface area contributed by atoms with Gasteiger partial charge in [-0.3, -0.25) is 0 Å². The van der Waals surface area contributed by atoms with Gasteiger partial charge < -0.3 is 10.2 Å². The molecule has 2 nitrogen and oxygen atoms in total. The van der Waals surface area contributed by atoms with Gasteiger partial charge in [0.05, 0.1) is 11.1 Å². The van der Waals surface area contributed by atoms with Crippen molar-refractivity contribution in [3.05, 3.63) is 56.2 Å². The zero-order valence-corrected chi connectivity index (χ0v) is 12.3. The Hall–Kier alpha value is -0.840. The molecule has 0 fully saturated rings. The van der Waals surface area contributed by atoms with Gasteiger partial charge in [-0.25, -0.2) is 4.39 Å². The summed E-state index contributed by atoms with van der Waals surface area (Å²) in [6.45, 7) is 3.63. The molecular formula is C13H12BrClFNO. The lowest BCUT2D eigenvalue weighted by Gasteiger charge is -2.13. The normalized spacial score (nSPS) is 12.8. The van der Waals surface area contributed by atoms with Crippen molar-refractivity contribution in [3.63, 3.8) is 0 Å². The van der Waals surface area contributed by atoms with Crippen molar-refractivity contribution in [1.29, 1.82) is 0 Å². The van der Waals surface area contributed by atoms with E-state index in [0.717, 1.165) is 11.3 Å². The number of benzene rings is 1. The molecule has 18 heavy (non-hydrogen) atoms. The van der Waals surface area contributed by atoms with Crippen LogP contribution in [0.3, 0.4) is 0 Å². The maximum Gasteiger partial charge on any atom is 0.148 e. The lowest BCUT2D eigenvalue weighted by Crippen LogP contribution is -2.14. The SMILES string of the molecule is Cc1cc(C(N)c2ccc(Br)c(Cl)c2F)c(C)o1. The first-order valence-electron chi connectivity index (χ1n) is 5.37. The summed E-state index contributed by atoms with van der Waals surface area (Å²) in [4.78, 5) is 0. The van der Waals surface area contributed by atoms with Crippen LogP contribution in [-0.2, 0) is 0 Å². The summed E-state index contributed by atoms with van der Waals surface area (Å²) >= 11 is 9.03. The summed E-state index contributed by atoms with van der Waals surface area (Å²) in [5.41, 5.74) is 7.20. The van der Waals surface area contributed by atoms with Crippen molar-refractivity contribution >= 4 is 27.5 Å². The van der Waals surface area contributed by atoms with Crippen LogP contribution in [0.1, 0.15) is 28.7 Å². The predicted molar refractivity (Wildman–Crippen MR) is 73.3 cm³/mol. The van der Waals surface area contributed by atoms with Crippen LogP contribution in [0.25, 0.3) is 0 Å². The highest BCUT2D eigenvalue weighted by Crippen LogP contribution is 2.33. The summed E-state index contributed by atoms with van der Waals surface area (Å²) in [5.74, 6) is 0.941. The molecule has 0 amide bonds. The van der Waals surface area contributed by atoms with E-state index in [1.165, 1.54) is 0 Å². The fourth-order valence-corrected chi connectivity index (χ4v) is 2.39. The van der Waals surface area contributed by atoms with E-state index >= 15 is 0 Å². The van der Waals surface area contributed by atoms with Crippen molar-refractivity contribution < 1.29 is 8.81 Å². The van der Waals surface area contributed by atoms with E-state index in [1.807, 2.05) is 13.0 Å². The van der Waals surface area contributed by atoms with Gasteiger partial charge in [0.2, 0.25) is 0 Å². The smallest absolute Gasteiger partial charge is 0.148 e. The van der Waals surface area contributed by atoms with Crippen LogP contribution in [0, 0.1) is 19.7 Å². The quantitative estimate of drug-likeness (QED) is 0.822. The lowest BCUT2D eigenvalue weighted by atomic mass is 9.99. The van der Waals surface area contributed by atoms with Crippen molar-refractivity contribution in [2.45, 2.75) is 19.9 Å². The van der Waals surface area contributed by atoms with E-state index in [4.69, 9.17) is 21.8 Å². The summed E-state index contributed by atoms with van der Waals surface area (Å²) in [7, 11) is 0. The van der Waals surface area contributed by atoms with Gasteiger partial charge in [0.25, 0.3) is 0 Å². The summed E-state index contributed by atoms with van der Waals surface area (Å²) in [6, 6.07) is 4.53. The average molecular weight is 333 g/mol. The molecule has 1 aromatic carbocycles. The number of hydrogen-bond acceptors (Lipinski definition) is 2. The van der Waals surface area contributed by atoms with Crippen molar-refractivity contribution in [3.8, 4) is 0 Å². The predicted octanol–water partition coefficient (Wildman–Crippen LogP) is 4.50. The van der Waals surface area contributed by atoms with E-state index in [-0.39, 0.29) is 5.02 Å². The lowest BCUT2D eigenvalue weighted by molar-refractivity contribution is 0.499. The monoisotopic (exact) mass is 331 g/mol. The second-order valence-electron chi connectivity index (χ2n) is 4.11.